The van der Waals surface area contributed by atoms with Crippen LogP contribution in [0.3, 0.4) is 0 Å². The van der Waals surface area contributed by atoms with Crippen LogP contribution in [0.1, 0.15) is 22.6 Å². The third-order valence-electron chi connectivity index (χ3n) is 2.72. The van der Waals surface area contributed by atoms with Crippen molar-refractivity contribution in [1.82, 2.24) is 10.1 Å². The van der Waals surface area contributed by atoms with Gasteiger partial charge in [-0.15, -0.1) is 0 Å². The molecule has 0 saturated heterocycles. The van der Waals surface area contributed by atoms with Crippen molar-refractivity contribution in [2.24, 2.45) is 0 Å². The van der Waals surface area contributed by atoms with E-state index in [-0.39, 0.29) is 0 Å². The normalized spacial score (nSPS) is 11.6. The van der Waals surface area contributed by atoms with Gasteiger partial charge in [-0.05, 0) is 26.0 Å². The van der Waals surface area contributed by atoms with E-state index >= 15 is 0 Å². The zero-order valence-corrected chi connectivity index (χ0v) is 10.4. The second-order valence-electron chi connectivity index (χ2n) is 4.09. The summed E-state index contributed by atoms with van der Waals surface area (Å²) in [5.74, 6) is 1.05. The van der Waals surface area contributed by atoms with E-state index in [0.29, 0.717) is 18.1 Å². The van der Waals surface area contributed by atoms with E-state index in [1.54, 1.807) is 13.8 Å². The van der Waals surface area contributed by atoms with Gasteiger partial charge in [-0.1, -0.05) is 5.16 Å². The Morgan fingerprint density at radius 3 is 2.47 bits per heavy atom. The summed E-state index contributed by atoms with van der Waals surface area (Å²) < 4.78 is 42.0. The fourth-order valence-electron chi connectivity index (χ4n) is 1.60. The molecule has 4 nitrogen and oxygen atoms in total. The van der Waals surface area contributed by atoms with Crippen LogP contribution in [0, 0.1) is 13.8 Å². The number of rotatable bonds is 3. The Balaban J connectivity index is 2.05. The third kappa shape index (κ3) is 3.04. The van der Waals surface area contributed by atoms with Gasteiger partial charge in [0, 0.05) is 18.3 Å². The standard InChI is InChI=1S/C12H12F3N3O/c1-7-10(8(2)19-18-7)6-17-11-4-3-9(5-16-11)12(13,14)15/h3-5H,6H2,1-2H3,(H,16,17). The lowest BCUT2D eigenvalue weighted by Gasteiger charge is -2.08. The van der Waals surface area contributed by atoms with Gasteiger partial charge in [0.15, 0.2) is 0 Å². The van der Waals surface area contributed by atoms with Gasteiger partial charge < -0.3 is 9.84 Å². The average molecular weight is 271 g/mol. The van der Waals surface area contributed by atoms with Gasteiger partial charge in [-0.3, -0.25) is 0 Å². The molecule has 0 amide bonds. The first-order chi connectivity index (χ1) is 8.88. The van der Waals surface area contributed by atoms with Crippen molar-refractivity contribution in [3.63, 3.8) is 0 Å². The van der Waals surface area contributed by atoms with Crippen molar-refractivity contribution in [1.29, 1.82) is 0 Å². The molecule has 0 bridgehead atoms. The first kappa shape index (κ1) is 13.4. The molecular formula is C12H12F3N3O. The largest absolute Gasteiger partial charge is 0.417 e. The van der Waals surface area contributed by atoms with Gasteiger partial charge in [0.1, 0.15) is 11.6 Å². The molecule has 102 valence electrons. The Morgan fingerprint density at radius 2 is 2.00 bits per heavy atom. The highest BCUT2D eigenvalue weighted by molar-refractivity contribution is 5.38. The summed E-state index contributed by atoms with van der Waals surface area (Å²) in [5, 5.41) is 6.72. The first-order valence-electron chi connectivity index (χ1n) is 5.57. The van der Waals surface area contributed by atoms with Crippen LogP contribution in [0.2, 0.25) is 0 Å². The summed E-state index contributed by atoms with van der Waals surface area (Å²) >= 11 is 0. The van der Waals surface area contributed by atoms with Crippen molar-refractivity contribution >= 4 is 5.82 Å². The number of aryl methyl sites for hydroxylation is 2. The van der Waals surface area contributed by atoms with Gasteiger partial charge in [-0.25, -0.2) is 4.98 Å². The van der Waals surface area contributed by atoms with Crippen LogP contribution in [0.5, 0.6) is 0 Å². The highest BCUT2D eigenvalue weighted by Crippen LogP contribution is 2.28. The van der Waals surface area contributed by atoms with Crippen molar-refractivity contribution in [3.05, 3.63) is 40.9 Å². The molecule has 2 heterocycles. The Labute approximate surface area is 107 Å². The summed E-state index contributed by atoms with van der Waals surface area (Å²) in [7, 11) is 0. The number of nitrogens with one attached hydrogen (secondary N) is 1. The lowest BCUT2D eigenvalue weighted by molar-refractivity contribution is -0.137. The van der Waals surface area contributed by atoms with Crippen molar-refractivity contribution in [2.45, 2.75) is 26.6 Å². The highest BCUT2D eigenvalue weighted by atomic mass is 19.4. The van der Waals surface area contributed by atoms with E-state index in [4.69, 9.17) is 4.52 Å². The molecule has 0 aliphatic rings. The Bertz CT molecular complexity index is 541. The quantitative estimate of drug-likeness (QED) is 0.930. The molecule has 0 fully saturated rings. The Kier molecular flexibility index (Phi) is 3.46. The zero-order chi connectivity index (χ0) is 14.0. The molecule has 2 rings (SSSR count). The number of hydrogen-bond donors (Lipinski definition) is 1. The minimum absolute atomic E-state index is 0.369. The second-order valence-corrected chi connectivity index (χ2v) is 4.09. The topological polar surface area (TPSA) is 51.0 Å². The van der Waals surface area contributed by atoms with E-state index in [9.17, 15) is 13.2 Å². The molecule has 1 N–H and O–H groups in total. The zero-order valence-electron chi connectivity index (χ0n) is 10.4. The summed E-state index contributed by atoms with van der Waals surface area (Å²) in [6.45, 7) is 3.98. The van der Waals surface area contributed by atoms with Crippen molar-refractivity contribution < 1.29 is 17.7 Å². The molecule has 7 heteroatoms. The molecule has 0 spiro atoms. The number of nitrogens with zero attached hydrogens (tertiary/aromatic N) is 2. The van der Waals surface area contributed by atoms with Gasteiger partial charge >= 0.3 is 6.18 Å². The second kappa shape index (κ2) is 4.91. The van der Waals surface area contributed by atoms with Gasteiger partial charge in [0.2, 0.25) is 0 Å². The summed E-state index contributed by atoms with van der Waals surface area (Å²) in [6.07, 6.45) is -3.57. The molecule has 0 aromatic carbocycles. The van der Waals surface area contributed by atoms with Crippen LogP contribution in [-0.4, -0.2) is 10.1 Å². The molecular weight excluding hydrogens is 259 g/mol. The third-order valence-corrected chi connectivity index (χ3v) is 2.72. The number of aromatic nitrogens is 2. The highest BCUT2D eigenvalue weighted by Gasteiger charge is 2.30. The van der Waals surface area contributed by atoms with E-state index in [1.165, 1.54) is 6.07 Å². The maximum absolute atomic E-state index is 12.4. The lowest BCUT2D eigenvalue weighted by Crippen LogP contribution is -2.07. The van der Waals surface area contributed by atoms with Crippen LogP contribution in [0.25, 0.3) is 0 Å². The Hall–Kier alpha value is -2.05. The predicted molar refractivity (Wildman–Crippen MR) is 62.5 cm³/mol. The van der Waals surface area contributed by atoms with E-state index in [2.05, 4.69) is 15.5 Å². The minimum Gasteiger partial charge on any atom is -0.366 e. The molecule has 0 unspecified atom stereocenters. The van der Waals surface area contributed by atoms with Crippen LogP contribution >= 0.6 is 0 Å². The summed E-state index contributed by atoms with van der Waals surface area (Å²) in [4.78, 5) is 3.72. The molecule has 0 radical (unpaired) electrons. The van der Waals surface area contributed by atoms with Crippen molar-refractivity contribution in [3.8, 4) is 0 Å². The number of pyridine rings is 1. The predicted octanol–water partition coefficient (Wildman–Crippen LogP) is 3.32. The molecule has 0 aliphatic heterocycles. The molecule has 2 aromatic heterocycles. The first-order valence-corrected chi connectivity index (χ1v) is 5.57. The molecule has 2 aromatic rings. The monoisotopic (exact) mass is 271 g/mol. The summed E-state index contributed by atoms with van der Waals surface area (Å²) in [6, 6.07) is 2.28. The SMILES string of the molecule is Cc1noc(C)c1CNc1ccc(C(F)(F)F)cn1. The van der Waals surface area contributed by atoms with E-state index < -0.39 is 11.7 Å². The molecule has 0 aliphatic carbocycles. The maximum Gasteiger partial charge on any atom is 0.417 e. The van der Waals surface area contributed by atoms with E-state index in [1.807, 2.05) is 0 Å². The van der Waals surface area contributed by atoms with Gasteiger partial charge in [0.05, 0.1) is 11.3 Å². The maximum atomic E-state index is 12.4. The molecule has 0 saturated carbocycles. The van der Waals surface area contributed by atoms with Crippen LogP contribution in [0.15, 0.2) is 22.9 Å². The molecule has 0 atom stereocenters. The van der Waals surface area contributed by atoms with Gasteiger partial charge in [-0.2, -0.15) is 13.2 Å². The number of anilines is 1. The minimum atomic E-state index is -4.37. The van der Waals surface area contributed by atoms with E-state index in [0.717, 1.165) is 23.5 Å². The molecule has 19 heavy (non-hydrogen) atoms. The van der Waals surface area contributed by atoms with Crippen LogP contribution < -0.4 is 5.32 Å². The van der Waals surface area contributed by atoms with Crippen LogP contribution in [-0.2, 0) is 12.7 Å². The summed E-state index contributed by atoms with van der Waals surface area (Å²) in [5.41, 5.74) is 0.856. The fourth-order valence-corrected chi connectivity index (χ4v) is 1.60. The smallest absolute Gasteiger partial charge is 0.366 e. The lowest BCUT2D eigenvalue weighted by atomic mass is 10.2. The van der Waals surface area contributed by atoms with Gasteiger partial charge in [0.25, 0.3) is 0 Å². The fraction of sp³-hybridized carbons (Fsp3) is 0.333. The van der Waals surface area contributed by atoms with Crippen molar-refractivity contribution in [2.75, 3.05) is 5.32 Å². The number of halogens is 3. The average Bonchev–Trinajstić information content (AvgIpc) is 2.66. The number of alkyl halides is 3. The van der Waals surface area contributed by atoms with Crippen LogP contribution in [0.4, 0.5) is 19.0 Å². The Morgan fingerprint density at radius 1 is 1.26 bits per heavy atom. The number of hydrogen-bond acceptors (Lipinski definition) is 4.